The number of alkyl halides is 11. The molecule has 0 fully saturated rings. The Morgan fingerprint density at radius 3 is 1.10 bits per heavy atom. The third-order valence-electron chi connectivity index (χ3n) is 1.11. The Bertz CT molecular complexity index is 309. The van der Waals surface area contributed by atoms with Gasteiger partial charge in [0.1, 0.15) is 6.42 Å². The highest BCUT2D eigenvalue weighted by atomic mass is 79.9. The molecule has 13 heteroatoms. The molecule has 0 aliphatic heterocycles. The zero-order chi connectivity index (χ0) is 18.3. The van der Waals surface area contributed by atoms with Crippen molar-refractivity contribution in [3.63, 3.8) is 0 Å². The van der Waals surface area contributed by atoms with Gasteiger partial charge in [-0.3, -0.25) is 4.79 Å². The molecule has 1 N–H and O–H groups in total. The first-order valence-corrected chi connectivity index (χ1v) is 6.59. The molecule has 0 aromatic carbocycles. The van der Waals surface area contributed by atoms with E-state index in [1.165, 1.54) is 47.8 Å². The molecule has 0 saturated heterocycles. The molecule has 0 atom stereocenters. The number of carboxylic acid groups (broad SMARTS) is 1. The summed E-state index contributed by atoms with van der Waals surface area (Å²) in [6.07, 6.45) is -1.90. The van der Waals surface area contributed by atoms with Crippen molar-refractivity contribution in [3.05, 3.63) is 13.2 Å². The second-order valence-electron chi connectivity index (χ2n) is 2.77. The summed E-state index contributed by atoms with van der Waals surface area (Å²) >= 11 is 4.32. The largest absolute Gasteiger partial charge is 0.481 e. The molecule has 0 aromatic rings. The molecule has 128 valence electrons. The van der Waals surface area contributed by atoms with E-state index in [-0.39, 0.29) is 0 Å². The number of halogens is 11. The molecule has 0 saturated carbocycles. The minimum absolute atomic E-state index is 1.38. The predicted molar refractivity (Wildman–Crippen MR) is 70.1 cm³/mol. The van der Waals surface area contributed by atoms with Crippen molar-refractivity contribution in [2.75, 3.05) is 0 Å². The summed E-state index contributed by atoms with van der Waals surface area (Å²) < 4.78 is 92.9. The molecule has 0 aromatic heterocycles. The van der Waals surface area contributed by atoms with Gasteiger partial charge in [0.15, 0.2) is 0 Å². The fourth-order valence-corrected chi connectivity index (χ4v) is 0.430. The van der Waals surface area contributed by atoms with Crippen molar-refractivity contribution in [1.82, 2.24) is 0 Å². The smallest absolute Gasteiger partial charge is 0.373 e. The Hall–Kier alpha value is 0.0900. The van der Waals surface area contributed by atoms with Crippen molar-refractivity contribution in [3.8, 4) is 0 Å². The highest BCUT2D eigenvalue weighted by molar-refractivity contribution is 9.12. The Labute approximate surface area is 138 Å². The SMILES string of the molecule is C=C.FC(F)(Br)C(F)(F)Br.O=C(O)CC(F)(F)C(F)(F)Br. The summed E-state index contributed by atoms with van der Waals surface area (Å²) in [7, 11) is 0. The summed E-state index contributed by atoms with van der Waals surface area (Å²) in [5.41, 5.74) is 0. The molecule has 21 heavy (non-hydrogen) atoms. The van der Waals surface area contributed by atoms with E-state index in [0.717, 1.165) is 0 Å². The summed E-state index contributed by atoms with van der Waals surface area (Å²) in [5, 5.41) is 7.78. The van der Waals surface area contributed by atoms with Crippen molar-refractivity contribution in [2.24, 2.45) is 0 Å². The first-order valence-electron chi connectivity index (χ1n) is 4.21. The van der Waals surface area contributed by atoms with E-state index >= 15 is 0 Å². The topological polar surface area (TPSA) is 37.3 Å². The first kappa shape index (κ1) is 26.0. The first-order chi connectivity index (χ1) is 8.92. The molecular weight excluding hydrogens is 520 g/mol. The number of carboxylic acids is 1. The molecular formula is C8H7Br3F8O2. The van der Waals surface area contributed by atoms with Crippen LogP contribution >= 0.6 is 47.8 Å². The minimum Gasteiger partial charge on any atom is -0.481 e. The van der Waals surface area contributed by atoms with Gasteiger partial charge in [0.05, 0.1) is 0 Å². The Balaban J connectivity index is -0.000000286. The lowest BCUT2D eigenvalue weighted by Crippen LogP contribution is -2.36. The predicted octanol–water partition coefficient (Wildman–Crippen LogP) is 5.85. The molecule has 0 amide bonds. The Morgan fingerprint density at radius 2 is 1.05 bits per heavy atom. The lowest BCUT2D eigenvalue weighted by Gasteiger charge is -2.18. The lowest BCUT2D eigenvalue weighted by molar-refractivity contribution is -0.171. The summed E-state index contributed by atoms with van der Waals surface area (Å²) in [6, 6.07) is 0. The quantitative estimate of drug-likeness (QED) is 0.284. The van der Waals surface area contributed by atoms with Crippen LogP contribution in [0.1, 0.15) is 6.42 Å². The monoisotopic (exact) mass is 524 g/mol. The molecule has 0 aliphatic rings. The molecule has 0 heterocycles. The van der Waals surface area contributed by atoms with E-state index in [2.05, 4.69) is 13.2 Å². The number of hydrogen-bond acceptors (Lipinski definition) is 1. The van der Waals surface area contributed by atoms with Gasteiger partial charge in [0.2, 0.25) is 0 Å². The van der Waals surface area contributed by atoms with Gasteiger partial charge >= 0.3 is 26.4 Å². The van der Waals surface area contributed by atoms with E-state index < -0.39 is 32.8 Å². The second kappa shape index (κ2) is 9.28. The average Bonchev–Trinajstić information content (AvgIpc) is 2.14. The van der Waals surface area contributed by atoms with E-state index in [1.54, 1.807) is 0 Å². The van der Waals surface area contributed by atoms with Gasteiger partial charge in [0.25, 0.3) is 0 Å². The number of aliphatic carboxylic acids is 1. The van der Waals surface area contributed by atoms with Gasteiger partial charge in [-0.1, -0.05) is 0 Å². The van der Waals surface area contributed by atoms with Crippen molar-refractivity contribution in [2.45, 2.75) is 26.8 Å². The summed E-state index contributed by atoms with van der Waals surface area (Å²) in [6.45, 7) is 6.00. The fraction of sp³-hybridized carbons (Fsp3) is 0.625. The molecule has 0 unspecified atom stereocenters. The van der Waals surface area contributed by atoms with Crippen LogP contribution in [0.25, 0.3) is 0 Å². The van der Waals surface area contributed by atoms with Crippen molar-refractivity contribution in [1.29, 1.82) is 0 Å². The zero-order valence-electron chi connectivity index (χ0n) is 9.63. The zero-order valence-corrected chi connectivity index (χ0v) is 14.4. The normalized spacial score (nSPS) is 12.5. The van der Waals surface area contributed by atoms with Crippen LogP contribution in [0.3, 0.4) is 0 Å². The Kier molecular flexibility index (Phi) is 11.5. The maximum absolute atomic E-state index is 12.0. The average molecular weight is 527 g/mol. The maximum atomic E-state index is 12.0. The fourth-order valence-electron chi connectivity index (χ4n) is 0.290. The summed E-state index contributed by atoms with van der Waals surface area (Å²) in [4.78, 5) is -3.18. The van der Waals surface area contributed by atoms with Crippen LogP contribution in [0.15, 0.2) is 13.2 Å². The number of rotatable bonds is 4. The maximum Gasteiger partial charge on any atom is 0.373 e. The van der Waals surface area contributed by atoms with Gasteiger partial charge in [-0.25, -0.2) is 0 Å². The second-order valence-corrected chi connectivity index (χ2v) is 5.76. The standard InChI is InChI=1S/C4H3BrF4O2.C2Br2F4.C2H4/c5-4(8,9)3(6,7)1-2(10)11;3-1(5,6)2(4,7)8;1-2/h1H2,(H,10,11);;1-2H2. The van der Waals surface area contributed by atoms with Crippen LogP contribution in [-0.4, -0.2) is 31.5 Å². The minimum atomic E-state index is -4.56. The lowest BCUT2D eigenvalue weighted by atomic mass is 10.2. The molecule has 0 bridgehead atoms. The van der Waals surface area contributed by atoms with Crippen LogP contribution in [-0.2, 0) is 4.79 Å². The van der Waals surface area contributed by atoms with E-state index in [0.29, 0.717) is 0 Å². The van der Waals surface area contributed by atoms with Crippen molar-refractivity contribution < 1.29 is 45.0 Å². The Morgan fingerprint density at radius 1 is 0.810 bits per heavy atom. The third kappa shape index (κ3) is 12.3. The van der Waals surface area contributed by atoms with Crippen molar-refractivity contribution >= 4 is 53.8 Å². The molecule has 0 spiro atoms. The van der Waals surface area contributed by atoms with Crippen LogP contribution in [0, 0.1) is 0 Å². The van der Waals surface area contributed by atoms with Crippen LogP contribution in [0.2, 0.25) is 0 Å². The van der Waals surface area contributed by atoms with E-state index in [9.17, 15) is 39.9 Å². The summed E-state index contributed by atoms with van der Waals surface area (Å²) in [5.74, 6) is -6.53. The van der Waals surface area contributed by atoms with Gasteiger partial charge in [-0.15, -0.1) is 13.2 Å². The van der Waals surface area contributed by atoms with Gasteiger partial charge in [0, 0.05) is 0 Å². The molecule has 0 radical (unpaired) electrons. The number of carbonyl (C=O) groups is 1. The van der Waals surface area contributed by atoms with Crippen LogP contribution in [0.5, 0.6) is 0 Å². The van der Waals surface area contributed by atoms with Gasteiger partial charge in [-0.05, 0) is 47.8 Å². The highest BCUT2D eigenvalue weighted by Crippen LogP contribution is 2.43. The van der Waals surface area contributed by atoms with Crippen LogP contribution < -0.4 is 0 Å². The highest BCUT2D eigenvalue weighted by Gasteiger charge is 2.55. The van der Waals surface area contributed by atoms with E-state index in [1.807, 2.05) is 0 Å². The molecule has 0 rings (SSSR count). The van der Waals surface area contributed by atoms with Crippen LogP contribution in [0.4, 0.5) is 35.1 Å². The third-order valence-corrected chi connectivity index (χ3v) is 3.22. The number of hydrogen-bond donors (Lipinski definition) is 1. The van der Waals surface area contributed by atoms with Gasteiger partial charge < -0.3 is 5.11 Å². The van der Waals surface area contributed by atoms with E-state index in [4.69, 9.17) is 5.11 Å². The molecule has 0 aliphatic carbocycles. The molecule has 2 nitrogen and oxygen atoms in total. The van der Waals surface area contributed by atoms with Gasteiger partial charge in [-0.2, -0.15) is 35.1 Å².